The molecule has 1 N–H and O–H groups in total. The van der Waals surface area contributed by atoms with Crippen LogP contribution < -0.4 is 4.74 Å². The molecule has 0 saturated heterocycles. The van der Waals surface area contributed by atoms with E-state index in [4.69, 9.17) is 4.74 Å². The molecule has 26 heavy (non-hydrogen) atoms. The third-order valence-electron chi connectivity index (χ3n) is 4.69. The van der Waals surface area contributed by atoms with E-state index in [9.17, 15) is 4.79 Å². The van der Waals surface area contributed by atoms with Gasteiger partial charge in [0.25, 0.3) is 5.91 Å². The highest BCUT2D eigenvalue weighted by atomic mass is 16.5. The Morgan fingerprint density at radius 3 is 2.85 bits per heavy atom. The summed E-state index contributed by atoms with van der Waals surface area (Å²) in [7, 11) is 0. The maximum atomic E-state index is 12.6. The van der Waals surface area contributed by atoms with Crippen molar-refractivity contribution in [3.05, 3.63) is 71.4 Å². The van der Waals surface area contributed by atoms with E-state index >= 15 is 0 Å². The number of nitrogens with zero attached hydrogens (tertiary/aromatic N) is 2. The van der Waals surface area contributed by atoms with Crippen LogP contribution in [0.1, 0.15) is 16.8 Å². The zero-order valence-electron chi connectivity index (χ0n) is 14.7. The minimum atomic E-state index is -0.00244. The summed E-state index contributed by atoms with van der Waals surface area (Å²) >= 11 is 0. The van der Waals surface area contributed by atoms with Crippen LogP contribution in [0.15, 0.2) is 54.6 Å². The predicted octanol–water partition coefficient (Wildman–Crippen LogP) is 3.35. The SMILES string of the molecule is Cc1cccc(OCC(=O)N2CCc3[nH]nc(-c4ccccc4)c3C2)c1. The Morgan fingerprint density at radius 2 is 2.04 bits per heavy atom. The fourth-order valence-corrected chi connectivity index (χ4v) is 3.28. The highest BCUT2D eigenvalue weighted by Crippen LogP contribution is 2.28. The number of fused-ring (bicyclic) bond motifs is 1. The Labute approximate surface area is 152 Å². The molecule has 0 spiro atoms. The number of H-pyrrole nitrogens is 1. The summed E-state index contributed by atoms with van der Waals surface area (Å²) in [5.74, 6) is 0.724. The van der Waals surface area contributed by atoms with Gasteiger partial charge in [-0.05, 0) is 24.6 Å². The topological polar surface area (TPSA) is 58.2 Å². The van der Waals surface area contributed by atoms with Gasteiger partial charge in [0.2, 0.25) is 0 Å². The van der Waals surface area contributed by atoms with Gasteiger partial charge in [0.15, 0.2) is 6.61 Å². The quantitative estimate of drug-likeness (QED) is 0.787. The van der Waals surface area contributed by atoms with Crippen molar-refractivity contribution >= 4 is 5.91 Å². The summed E-state index contributed by atoms with van der Waals surface area (Å²) in [6.45, 7) is 3.30. The van der Waals surface area contributed by atoms with Crippen molar-refractivity contribution in [2.75, 3.05) is 13.2 Å². The molecule has 5 nitrogen and oxygen atoms in total. The second kappa shape index (κ2) is 7.04. The van der Waals surface area contributed by atoms with Gasteiger partial charge in [-0.3, -0.25) is 9.89 Å². The normalized spacial score (nSPS) is 13.3. The van der Waals surface area contributed by atoms with Crippen LogP contribution in [0.2, 0.25) is 0 Å². The lowest BCUT2D eigenvalue weighted by Crippen LogP contribution is -2.38. The van der Waals surface area contributed by atoms with E-state index in [1.165, 1.54) is 0 Å². The Morgan fingerprint density at radius 1 is 1.19 bits per heavy atom. The number of rotatable bonds is 4. The molecule has 0 radical (unpaired) electrons. The molecule has 0 fully saturated rings. The van der Waals surface area contributed by atoms with E-state index in [-0.39, 0.29) is 12.5 Å². The maximum absolute atomic E-state index is 12.6. The summed E-state index contributed by atoms with van der Waals surface area (Å²) in [5, 5.41) is 7.60. The van der Waals surface area contributed by atoms with Crippen molar-refractivity contribution in [3.8, 4) is 17.0 Å². The van der Waals surface area contributed by atoms with Gasteiger partial charge in [0.1, 0.15) is 5.75 Å². The minimum absolute atomic E-state index is 0.00244. The molecule has 2 aromatic carbocycles. The zero-order valence-corrected chi connectivity index (χ0v) is 14.7. The van der Waals surface area contributed by atoms with Crippen molar-refractivity contribution in [1.29, 1.82) is 0 Å². The number of aryl methyl sites for hydroxylation is 1. The second-order valence-electron chi connectivity index (χ2n) is 6.57. The summed E-state index contributed by atoms with van der Waals surface area (Å²) in [6.07, 6.45) is 0.783. The van der Waals surface area contributed by atoms with Crippen LogP contribution in [0, 0.1) is 6.92 Å². The Hall–Kier alpha value is -3.08. The van der Waals surface area contributed by atoms with Gasteiger partial charge in [-0.25, -0.2) is 0 Å². The molecule has 5 heteroatoms. The van der Waals surface area contributed by atoms with Crippen molar-refractivity contribution in [3.63, 3.8) is 0 Å². The first-order valence-electron chi connectivity index (χ1n) is 8.79. The van der Waals surface area contributed by atoms with Gasteiger partial charge in [-0.1, -0.05) is 42.5 Å². The Kier molecular flexibility index (Phi) is 4.44. The third-order valence-corrected chi connectivity index (χ3v) is 4.69. The minimum Gasteiger partial charge on any atom is -0.484 e. The van der Waals surface area contributed by atoms with Gasteiger partial charge in [-0.15, -0.1) is 0 Å². The van der Waals surface area contributed by atoms with Crippen molar-refractivity contribution in [2.24, 2.45) is 0 Å². The fraction of sp³-hybridized carbons (Fsp3) is 0.238. The van der Waals surface area contributed by atoms with E-state index in [0.29, 0.717) is 13.1 Å². The monoisotopic (exact) mass is 347 g/mol. The number of carbonyl (C=O) groups excluding carboxylic acids is 1. The second-order valence-corrected chi connectivity index (χ2v) is 6.57. The van der Waals surface area contributed by atoms with Gasteiger partial charge in [0.05, 0.1) is 5.69 Å². The largest absolute Gasteiger partial charge is 0.484 e. The summed E-state index contributed by atoms with van der Waals surface area (Å²) in [6, 6.07) is 17.8. The van der Waals surface area contributed by atoms with Crippen molar-refractivity contribution < 1.29 is 9.53 Å². The number of carbonyl (C=O) groups is 1. The van der Waals surface area contributed by atoms with Crippen molar-refractivity contribution in [1.82, 2.24) is 15.1 Å². The highest BCUT2D eigenvalue weighted by molar-refractivity contribution is 5.78. The number of benzene rings is 2. The van der Waals surface area contributed by atoms with Crippen LogP contribution >= 0.6 is 0 Å². The van der Waals surface area contributed by atoms with E-state index in [1.807, 2.05) is 66.4 Å². The maximum Gasteiger partial charge on any atom is 0.260 e. The molecule has 1 aliphatic heterocycles. The number of amides is 1. The van der Waals surface area contributed by atoms with Crippen LogP contribution in [0.3, 0.4) is 0 Å². The molecule has 0 unspecified atom stereocenters. The zero-order chi connectivity index (χ0) is 17.9. The molecule has 0 aliphatic carbocycles. The molecule has 0 saturated carbocycles. The lowest BCUT2D eigenvalue weighted by molar-refractivity contribution is -0.134. The van der Waals surface area contributed by atoms with Crippen LogP contribution in [-0.2, 0) is 17.8 Å². The fourth-order valence-electron chi connectivity index (χ4n) is 3.28. The third kappa shape index (κ3) is 3.33. The molecule has 2 heterocycles. The highest BCUT2D eigenvalue weighted by Gasteiger charge is 2.25. The Balaban J connectivity index is 1.46. The standard InChI is InChI=1S/C21H21N3O2/c1-15-6-5-9-17(12-15)26-14-20(25)24-11-10-19-18(13-24)21(23-22-19)16-7-3-2-4-8-16/h2-9,12H,10-11,13-14H2,1H3,(H,22,23). The van der Waals surface area contributed by atoms with Gasteiger partial charge < -0.3 is 9.64 Å². The molecule has 4 rings (SSSR count). The average molecular weight is 347 g/mol. The smallest absolute Gasteiger partial charge is 0.260 e. The van der Waals surface area contributed by atoms with E-state index in [2.05, 4.69) is 10.2 Å². The molecule has 1 amide bonds. The molecule has 3 aromatic rings. The van der Waals surface area contributed by atoms with Gasteiger partial charge in [0, 0.05) is 36.3 Å². The first-order chi connectivity index (χ1) is 12.7. The van der Waals surface area contributed by atoms with E-state index < -0.39 is 0 Å². The lowest BCUT2D eigenvalue weighted by atomic mass is 10.0. The van der Waals surface area contributed by atoms with Crippen LogP contribution in [0.4, 0.5) is 0 Å². The van der Waals surface area contributed by atoms with E-state index in [1.54, 1.807) is 0 Å². The summed E-state index contributed by atoms with van der Waals surface area (Å²) in [4.78, 5) is 14.5. The van der Waals surface area contributed by atoms with Gasteiger partial charge >= 0.3 is 0 Å². The van der Waals surface area contributed by atoms with Gasteiger partial charge in [-0.2, -0.15) is 5.10 Å². The molecular weight excluding hydrogens is 326 g/mol. The lowest BCUT2D eigenvalue weighted by Gasteiger charge is -2.27. The van der Waals surface area contributed by atoms with Crippen LogP contribution in [0.25, 0.3) is 11.3 Å². The number of ether oxygens (including phenoxy) is 1. The van der Waals surface area contributed by atoms with E-state index in [0.717, 1.165) is 40.2 Å². The summed E-state index contributed by atoms with van der Waals surface area (Å²) < 4.78 is 5.67. The summed E-state index contributed by atoms with van der Waals surface area (Å²) in [5.41, 5.74) is 5.33. The molecular formula is C21H21N3O2. The Bertz CT molecular complexity index is 918. The number of hydrogen-bond donors (Lipinski definition) is 1. The molecule has 132 valence electrons. The first kappa shape index (κ1) is 16.4. The molecule has 1 aliphatic rings. The molecule has 0 bridgehead atoms. The average Bonchev–Trinajstić information content (AvgIpc) is 3.10. The number of aromatic amines is 1. The number of aromatic nitrogens is 2. The molecule has 1 aromatic heterocycles. The molecule has 0 atom stereocenters. The van der Waals surface area contributed by atoms with Crippen molar-refractivity contribution in [2.45, 2.75) is 19.9 Å². The number of nitrogens with one attached hydrogen (secondary N) is 1. The number of hydrogen-bond acceptors (Lipinski definition) is 3. The van der Waals surface area contributed by atoms with Crippen LogP contribution in [-0.4, -0.2) is 34.2 Å². The van der Waals surface area contributed by atoms with Crippen LogP contribution in [0.5, 0.6) is 5.75 Å². The predicted molar refractivity (Wildman–Crippen MR) is 99.8 cm³/mol. The first-order valence-corrected chi connectivity index (χ1v) is 8.79.